The molecule has 0 unspecified atom stereocenters. The Morgan fingerprint density at radius 2 is 1.54 bits per heavy atom. The van der Waals surface area contributed by atoms with Crippen molar-refractivity contribution in [3.05, 3.63) is 66.5 Å². The first-order chi connectivity index (χ1) is 13.3. The van der Waals surface area contributed by atoms with Gasteiger partial charge >= 0.3 is 0 Å². The predicted molar refractivity (Wildman–Crippen MR) is 101 cm³/mol. The number of nitrogens with zero attached hydrogens (tertiary/aromatic N) is 4. The number of hydrogen-bond acceptors (Lipinski definition) is 5. The maximum absolute atomic E-state index is 13.4. The van der Waals surface area contributed by atoms with E-state index >= 15 is 0 Å². The van der Waals surface area contributed by atoms with E-state index in [0.29, 0.717) is 0 Å². The molecule has 6 nitrogen and oxygen atoms in total. The van der Waals surface area contributed by atoms with Gasteiger partial charge in [0.05, 0.1) is 6.07 Å². The molecule has 28 heavy (non-hydrogen) atoms. The second kappa shape index (κ2) is 7.61. The van der Waals surface area contributed by atoms with Crippen LogP contribution in [0.25, 0.3) is 0 Å². The van der Waals surface area contributed by atoms with Crippen LogP contribution in [0.15, 0.2) is 60.0 Å². The first-order valence-corrected chi connectivity index (χ1v) is 12.6. The highest BCUT2D eigenvalue weighted by Crippen LogP contribution is 2.14. The van der Waals surface area contributed by atoms with Crippen molar-refractivity contribution >= 4 is 28.3 Å². The molecule has 0 radical (unpaired) electrons. The van der Waals surface area contributed by atoms with Crippen LogP contribution in [0.3, 0.4) is 0 Å². The lowest BCUT2D eigenvalue weighted by Gasteiger charge is -2.29. The summed E-state index contributed by atoms with van der Waals surface area (Å²) in [6.45, 7) is 1.95. The van der Waals surface area contributed by atoms with Crippen LogP contribution in [-0.2, 0) is 16.0 Å². The average Bonchev–Trinajstić information content (AvgIpc) is 3.11. The Labute approximate surface area is 162 Å². The summed E-state index contributed by atoms with van der Waals surface area (Å²) in [7, 11) is -6.62. The smallest absolute Gasteiger partial charge is 0.239 e. The number of aromatic nitrogens is 3. The molecule has 0 saturated heterocycles. The molecule has 3 rings (SSSR count). The maximum atomic E-state index is 13.4. The molecule has 0 aliphatic rings. The van der Waals surface area contributed by atoms with E-state index in [1.807, 2.05) is 6.55 Å². The second-order valence-corrected chi connectivity index (χ2v) is 12.5. The van der Waals surface area contributed by atoms with Crippen molar-refractivity contribution in [1.29, 1.82) is 5.26 Å². The van der Waals surface area contributed by atoms with E-state index in [4.69, 9.17) is 5.26 Å². The van der Waals surface area contributed by atoms with Gasteiger partial charge in [0.25, 0.3) is 0 Å². The summed E-state index contributed by atoms with van der Waals surface area (Å²) in [5, 5.41) is 14.2. The monoisotopic (exact) mass is 418 g/mol. The van der Waals surface area contributed by atoms with Crippen molar-refractivity contribution in [2.75, 3.05) is 5.75 Å². The zero-order chi connectivity index (χ0) is 20.4. The van der Waals surface area contributed by atoms with Crippen LogP contribution in [0.5, 0.6) is 0 Å². The van der Waals surface area contributed by atoms with E-state index < -0.39 is 35.3 Å². The van der Waals surface area contributed by atoms with Gasteiger partial charge in [-0.2, -0.15) is 10.4 Å². The molecule has 0 aliphatic carbocycles. The van der Waals surface area contributed by atoms with Gasteiger partial charge < -0.3 is 0 Å². The Morgan fingerprint density at radius 3 is 2.00 bits per heavy atom. The summed E-state index contributed by atoms with van der Waals surface area (Å²) in [6.07, 6.45) is 1.29. The van der Waals surface area contributed by atoms with Gasteiger partial charge in [0.1, 0.15) is 31.8 Å². The standard InChI is InChI=1S/C18H16F2N4O2SSi/c1-28(16-6-2-14(19)3-7-16,17-8-4-15(20)5-9-17)13-24-18(22-12-23-24)27(25,26)11-10-21/h2-9,12H,11,13H2,1H3. The highest BCUT2D eigenvalue weighted by atomic mass is 32.2. The van der Waals surface area contributed by atoms with Gasteiger partial charge in [-0.05, 0) is 24.3 Å². The summed E-state index contributed by atoms with van der Waals surface area (Å²) in [6, 6.07) is 13.5. The van der Waals surface area contributed by atoms with Crippen molar-refractivity contribution in [1.82, 2.24) is 14.8 Å². The maximum Gasteiger partial charge on any atom is 0.246 e. The summed E-state index contributed by atoms with van der Waals surface area (Å²) in [5.41, 5.74) is 0. The predicted octanol–water partition coefficient (Wildman–Crippen LogP) is 1.29. The quantitative estimate of drug-likeness (QED) is 0.563. The van der Waals surface area contributed by atoms with Crippen LogP contribution in [0.4, 0.5) is 8.78 Å². The van der Waals surface area contributed by atoms with E-state index in [9.17, 15) is 17.2 Å². The zero-order valence-corrected chi connectivity index (χ0v) is 16.7. The third-order valence-electron chi connectivity index (χ3n) is 4.54. The topological polar surface area (TPSA) is 88.6 Å². The van der Waals surface area contributed by atoms with Gasteiger partial charge in [-0.15, -0.1) is 0 Å². The summed E-state index contributed by atoms with van der Waals surface area (Å²) >= 11 is 0. The number of nitriles is 1. The molecule has 0 saturated carbocycles. The first-order valence-electron chi connectivity index (χ1n) is 8.26. The molecule has 1 aromatic heterocycles. The number of rotatable bonds is 6. The Kier molecular flexibility index (Phi) is 5.40. The molecule has 0 amide bonds. The van der Waals surface area contributed by atoms with Crippen molar-refractivity contribution in [3.8, 4) is 6.07 Å². The number of sulfone groups is 1. The van der Waals surface area contributed by atoms with E-state index in [1.165, 1.54) is 28.9 Å². The molecule has 0 bridgehead atoms. The molecule has 3 aromatic rings. The van der Waals surface area contributed by atoms with Gasteiger partial charge in [-0.25, -0.2) is 26.9 Å². The minimum atomic E-state index is -3.92. The van der Waals surface area contributed by atoms with Crippen molar-refractivity contribution in [3.63, 3.8) is 0 Å². The SMILES string of the molecule is C[Si](Cn1ncnc1S(=O)(=O)CC#N)(c1ccc(F)cc1)c1ccc(F)cc1. The van der Waals surface area contributed by atoms with Gasteiger partial charge in [-0.1, -0.05) is 41.2 Å². The molecule has 0 aliphatic heterocycles. The van der Waals surface area contributed by atoms with Crippen LogP contribution in [0.1, 0.15) is 0 Å². The highest BCUT2D eigenvalue weighted by molar-refractivity contribution is 7.91. The molecule has 0 N–H and O–H groups in total. The normalized spacial score (nSPS) is 11.9. The molecule has 0 spiro atoms. The van der Waals surface area contributed by atoms with Crippen molar-refractivity contribution in [2.24, 2.45) is 0 Å². The van der Waals surface area contributed by atoms with Crippen LogP contribution < -0.4 is 10.4 Å². The summed E-state index contributed by atoms with van der Waals surface area (Å²) < 4.78 is 52.8. The lowest BCUT2D eigenvalue weighted by molar-refractivity contribution is 0.566. The van der Waals surface area contributed by atoms with E-state index in [0.717, 1.165) is 16.7 Å². The fraction of sp³-hybridized carbons (Fsp3) is 0.167. The summed E-state index contributed by atoms with van der Waals surface area (Å²) in [4.78, 5) is 3.82. The van der Waals surface area contributed by atoms with E-state index in [1.54, 1.807) is 30.3 Å². The van der Waals surface area contributed by atoms with Crippen LogP contribution in [0, 0.1) is 23.0 Å². The molecule has 10 heteroatoms. The van der Waals surface area contributed by atoms with E-state index in [2.05, 4.69) is 10.1 Å². The molecule has 1 heterocycles. The lowest BCUT2D eigenvalue weighted by atomic mass is 10.3. The third-order valence-corrected chi connectivity index (χ3v) is 10.1. The minimum Gasteiger partial charge on any atom is -0.239 e. The van der Waals surface area contributed by atoms with Gasteiger partial charge in [0.2, 0.25) is 15.0 Å². The van der Waals surface area contributed by atoms with Crippen LogP contribution in [0.2, 0.25) is 6.55 Å². The largest absolute Gasteiger partial charge is 0.246 e. The first kappa shape index (κ1) is 19.8. The highest BCUT2D eigenvalue weighted by Gasteiger charge is 2.35. The fourth-order valence-electron chi connectivity index (χ4n) is 3.04. The molecule has 0 atom stereocenters. The Balaban J connectivity index is 2.12. The Hall–Kier alpha value is -2.90. The second-order valence-electron chi connectivity index (χ2n) is 6.46. The van der Waals surface area contributed by atoms with Gasteiger partial charge in [0, 0.05) is 6.17 Å². The molecular weight excluding hydrogens is 402 g/mol. The number of halogens is 2. The fourth-order valence-corrected chi connectivity index (χ4v) is 7.42. The van der Waals surface area contributed by atoms with Gasteiger partial charge in [-0.3, -0.25) is 0 Å². The van der Waals surface area contributed by atoms with Crippen molar-refractivity contribution in [2.45, 2.75) is 17.9 Å². The number of hydrogen-bond donors (Lipinski definition) is 0. The lowest BCUT2D eigenvalue weighted by Crippen LogP contribution is -2.59. The molecule has 2 aromatic carbocycles. The van der Waals surface area contributed by atoms with Crippen LogP contribution in [-0.4, -0.2) is 37.0 Å². The number of benzene rings is 2. The Bertz CT molecular complexity index is 1080. The summed E-state index contributed by atoms with van der Waals surface area (Å²) in [5.74, 6) is -1.49. The van der Waals surface area contributed by atoms with Crippen LogP contribution >= 0.6 is 0 Å². The third kappa shape index (κ3) is 3.85. The average molecular weight is 419 g/mol. The Morgan fingerprint density at radius 1 is 1.04 bits per heavy atom. The van der Waals surface area contributed by atoms with E-state index in [-0.39, 0.29) is 11.3 Å². The minimum absolute atomic E-state index is 0.171. The molecule has 0 fully saturated rings. The van der Waals surface area contributed by atoms with Crippen molar-refractivity contribution < 1.29 is 17.2 Å². The zero-order valence-electron chi connectivity index (χ0n) is 14.9. The molecule has 144 valence electrons. The molecular formula is C18H16F2N4O2SSi. The van der Waals surface area contributed by atoms with Gasteiger partial charge in [0.15, 0.2) is 0 Å².